The van der Waals surface area contributed by atoms with Gasteiger partial charge >= 0.3 is 0 Å². The van der Waals surface area contributed by atoms with E-state index in [1.165, 1.54) is 0 Å². The summed E-state index contributed by atoms with van der Waals surface area (Å²) in [6.07, 6.45) is 1.09. The molecule has 0 unspecified atom stereocenters. The first-order valence-corrected chi connectivity index (χ1v) is 5.97. The summed E-state index contributed by atoms with van der Waals surface area (Å²) in [7, 11) is 0. The van der Waals surface area contributed by atoms with Crippen molar-refractivity contribution in [3.8, 4) is 12.1 Å². The van der Waals surface area contributed by atoms with Gasteiger partial charge in [-0.25, -0.2) is 0 Å². The van der Waals surface area contributed by atoms with Crippen molar-refractivity contribution >= 4 is 0 Å². The largest absolute Gasteiger partial charge is 0.303 e. The fraction of sp³-hybridized carbons (Fsp3) is 0.833. The van der Waals surface area contributed by atoms with Crippen LogP contribution in [0, 0.1) is 22.7 Å². The van der Waals surface area contributed by atoms with Crippen LogP contribution in [0.5, 0.6) is 0 Å². The lowest BCUT2D eigenvalue weighted by molar-refractivity contribution is 0.219. The number of likely N-dealkylation sites (N-methyl/N-ethyl adjacent to an activating group) is 1. The highest BCUT2D eigenvalue weighted by Gasteiger charge is 2.06. The summed E-state index contributed by atoms with van der Waals surface area (Å²) in [5.74, 6) is 0. The second kappa shape index (κ2) is 10.4. The molecule has 0 radical (unpaired) electrons. The van der Waals surface area contributed by atoms with Crippen molar-refractivity contribution in [2.75, 3.05) is 39.3 Å². The van der Waals surface area contributed by atoms with Gasteiger partial charge in [0.25, 0.3) is 0 Å². The van der Waals surface area contributed by atoms with E-state index in [0.717, 1.165) is 39.3 Å². The normalized spacial score (nSPS) is 10.4. The summed E-state index contributed by atoms with van der Waals surface area (Å²) in [6.45, 7) is 9.94. The third-order valence-electron chi connectivity index (χ3n) is 2.71. The predicted molar refractivity (Wildman–Crippen MR) is 64.7 cm³/mol. The maximum atomic E-state index is 8.56. The van der Waals surface area contributed by atoms with E-state index >= 15 is 0 Å². The molecule has 0 aromatic carbocycles. The van der Waals surface area contributed by atoms with Gasteiger partial charge in [-0.15, -0.1) is 0 Å². The molecule has 0 atom stereocenters. The second-order valence-corrected chi connectivity index (χ2v) is 3.68. The van der Waals surface area contributed by atoms with E-state index in [1.807, 2.05) is 0 Å². The molecule has 0 saturated carbocycles. The van der Waals surface area contributed by atoms with Crippen molar-refractivity contribution < 1.29 is 0 Å². The first-order valence-electron chi connectivity index (χ1n) is 5.97. The molecule has 0 rings (SSSR count). The molecule has 0 aliphatic heterocycles. The van der Waals surface area contributed by atoms with Crippen molar-refractivity contribution in [1.82, 2.24) is 9.80 Å². The van der Waals surface area contributed by atoms with E-state index in [4.69, 9.17) is 10.5 Å². The standard InChI is InChI=1S/C12H22N4/c1-3-15(4-2)11-12-16(9-5-7-13)10-6-8-14/h3-6,9-12H2,1-2H3. The quantitative estimate of drug-likeness (QED) is 0.592. The van der Waals surface area contributed by atoms with Crippen LogP contribution in [-0.2, 0) is 0 Å². The fourth-order valence-corrected chi connectivity index (χ4v) is 1.57. The molecule has 0 amide bonds. The Kier molecular flexibility index (Phi) is 9.70. The van der Waals surface area contributed by atoms with E-state index < -0.39 is 0 Å². The van der Waals surface area contributed by atoms with Crippen LogP contribution in [0.4, 0.5) is 0 Å². The van der Waals surface area contributed by atoms with Gasteiger partial charge in [0.15, 0.2) is 0 Å². The topological polar surface area (TPSA) is 54.1 Å². The van der Waals surface area contributed by atoms with E-state index in [2.05, 4.69) is 35.8 Å². The van der Waals surface area contributed by atoms with Crippen LogP contribution in [-0.4, -0.2) is 49.1 Å². The predicted octanol–water partition coefficient (Wildman–Crippen LogP) is 1.46. The third-order valence-corrected chi connectivity index (χ3v) is 2.71. The summed E-state index contributed by atoms with van der Waals surface area (Å²) in [4.78, 5) is 4.55. The van der Waals surface area contributed by atoms with Gasteiger partial charge in [0, 0.05) is 39.0 Å². The van der Waals surface area contributed by atoms with Crippen molar-refractivity contribution in [3.63, 3.8) is 0 Å². The van der Waals surface area contributed by atoms with Crippen molar-refractivity contribution in [2.45, 2.75) is 26.7 Å². The van der Waals surface area contributed by atoms with E-state index in [9.17, 15) is 0 Å². The molecule has 0 fully saturated rings. The van der Waals surface area contributed by atoms with Crippen LogP contribution >= 0.6 is 0 Å². The molecular formula is C12H22N4. The van der Waals surface area contributed by atoms with E-state index in [0.29, 0.717) is 12.8 Å². The third kappa shape index (κ3) is 7.23. The maximum Gasteiger partial charge on any atom is 0.0635 e. The lowest BCUT2D eigenvalue weighted by Gasteiger charge is -2.24. The average molecular weight is 222 g/mol. The number of hydrogen-bond donors (Lipinski definition) is 0. The Balaban J connectivity index is 3.90. The molecule has 0 heterocycles. The monoisotopic (exact) mass is 222 g/mol. The van der Waals surface area contributed by atoms with Gasteiger partial charge in [-0.3, -0.25) is 0 Å². The zero-order valence-electron chi connectivity index (χ0n) is 10.4. The van der Waals surface area contributed by atoms with Gasteiger partial charge in [-0.1, -0.05) is 13.8 Å². The van der Waals surface area contributed by atoms with Crippen molar-refractivity contribution in [2.24, 2.45) is 0 Å². The van der Waals surface area contributed by atoms with E-state index in [1.54, 1.807) is 0 Å². The average Bonchev–Trinajstić information content (AvgIpc) is 2.32. The molecule has 0 aliphatic carbocycles. The smallest absolute Gasteiger partial charge is 0.0635 e. The molecule has 0 aromatic rings. The molecule has 90 valence electrons. The molecule has 0 spiro atoms. The Bertz CT molecular complexity index is 216. The van der Waals surface area contributed by atoms with Gasteiger partial charge in [0.2, 0.25) is 0 Å². The van der Waals surface area contributed by atoms with Gasteiger partial charge in [-0.2, -0.15) is 10.5 Å². The zero-order valence-corrected chi connectivity index (χ0v) is 10.4. The van der Waals surface area contributed by atoms with Gasteiger partial charge in [0.05, 0.1) is 12.1 Å². The van der Waals surface area contributed by atoms with Crippen LogP contribution in [0.3, 0.4) is 0 Å². The Morgan fingerprint density at radius 1 is 0.750 bits per heavy atom. The molecule has 0 aliphatic rings. The van der Waals surface area contributed by atoms with Crippen LogP contribution < -0.4 is 0 Å². The highest BCUT2D eigenvalue weighted by atomic mass is 15.2. The first kappa shape index (κ1) is 14.9. The SMILES string of the molecule is CCN(CC)CCN(CCC#N)CCC#N. The van der Waals surface area contributed by atoms with Crippen LogP contribution in [0.2, 0.25) is 0 Å². The second-order valence-electron chi connectivity index (χ2n) is 3.68. The summed E-state index contributed by atoms with van der Waals surface area (Å²) < 4.78 is 0. The molecule has 4 heteroatoms. The molecule has 0 saturated heterocycles. The molecule has 0 N–H and O–H groups in total. The lowest BCUT2D eigenvalue weighted by atomic mass is 10.3. The minimum absolute atomic E-state index is 0.545. The molecule has 16 heavy (non-hydrogen) atoms. The number of rotatable bonds is 9. The van der Waals surface area contributed by atoms with Gasteiger partial charge in [-0.05, 0) is 13.1 Å². The van der Waals surface area contributed by atoms with Crippen LogP contribution in [0.15, 0.2) is 0 Å². The van der Waals surface area contributed by atoms with Gasteiger partial charge in [0.1, 0.15) is 0 Å². The summed E-state index contributed by atoms with van der Waals surface area (Å²) in [5, 5.41) is 17.1. The Labute approximate surface area is 99.1 Å². The minimum atomic E-state index is 0.545. The Morgan fingerprint density at radius 2 is 1.19 bits per heavy atom. The van der Waals surface area contributed by atoms with Crippen molar-refractivity contribution in [1.29, 1.82) is 10.5 Å². The Morgan fingerprint density at radius 3 is 1.56 bits per heavy atom. The van der Waals surface area contributed by atoms with Gasteiger partial charge < -0.3 is 9.80 Å². The fourth-order valence-electron chi connectivity index (χ4n) is 1.57. The number of hydrogen-bond acceptors (Lipinski definition) is 4. The zero-order chi connectivity index (χ0) is 12.2. The van der Waals surface area contributed by atoms with Crippen LogP contribution in [0.25, 0.3) is 0 Å². The summed E-state index contributed by atoms with van der Waals surface area (Å²) >= 11 is 0. The molecular weight excluding hydrogens is 200 g/mol. The summed E-state index contributed by atoms with van der Waals surface area (Å²) in [5.41, 5.74) is 0. The Hall–Kier alpha value is -1.10. The molecule has 0 aromatic heterocycles. The minimum Gasteiger partial charge on any atom is -0.303 e. The summed E-state index contributed by atoms with van der Waals surface area (Å²) in [6, 6.07) is 4.30. The van der Waals surface area contributed by atoms with Crippen LogP contribution in [0.1, 0.15) is 26.7 Å². The van der Waals surface area contributed by atoms with E-state index in [-0.39, 0.29) is 0 Å². The number of nitriles is 2. The molecule has 4 nitrogen and oxygen atoms in total. The highest BCUT2D eigenvalue weighted by Crippen LogP contribution is 1.96. The first-order chi connectivity index (χ1) is 7.78. The maximum absolute atomic E-state index is 8.56. The van der Waals surface area contributed by atoms with Crippen molar-refractivity contribution in [3.05, 3.63) is 0 Å². The number of nitrogens with zero attached hydrogens (tertiary/aromatic N) is 4. The lowest BCUT2D eigenvalue weighted by Crippen LogP contribution is -2.36. The molecule has 0 bridgehead atoms. The highest BCUT2D eigenvalue weighted by molar-refractivity contribution is 4.76.